The Labute approximate surface area is 157 Å². The van der Waals surface area contributed by atoms with Gasteiger partial charge in [-0.25, -0.2) is 4.79 Å². The molecule has 2 amide bonds. The lowest BCUT2D eigenvalue weighted by Gasteiger charge is -2.15. The summed E-state index contributed by atoms with van der Waals surface area (Å²) in [4.78, 5) is 36.6. The lowest BCUT2D eigenvalue weighted by atomic mass is 10.1. The van der Waals surface area contributed by atoms with Crippen molar-refractivity contribution in [1.29, 1.82) is 0 Å². The molecule has 0 spiro atoms. The largest absolute Gasteiger partial charge is 0.478 e. The Balaban J connectivity index is 1.47. The first-order chi connectivity index (χ1) is 13.0. The van der Waals surface area contributed by atoms with Crippen LogP contribution >= 0.6 is 0 Å². The zero-order chi connectivity index (χ0) is 19.2. The highest BCUT2D eigenvalue weighted by atomic mass is 16.4. The van der Waals surface area contributed by atoms with Crippen LogP contribution in [-0.4, -0.2) is 40.9 Å². The van der Waals surface area contributed by atoms with Gasteiger partial charge in [-0.1, -0.05) is 24.3 Å². The van der Waals surface area contributed by atoms with Gasteiger partial charge in [-0.2, -0.15) is 0 Å². The summed E-state index contributed by atoms with van der Waals surface area (Å²) in [5.41, 5.74) is 2.80. The molecule has 1 aliphatic rings. The van der Waals surface area contributed by atoms with Crippen LogP contribution in [0.2, 0.25) is 0 Å². The molecule has 6 nitrogen and oxygen atoms in total. The molecular weight excluding hydrogens is 344 g/mol. The van der Waals surface area contributed by atoms with E-state index in [0.29, 0.717) is 31.5 Å². The fourth-order valence-corrected chi connectivity index (χ4v) is 3.09. The SMILES string of the molecule is O=C(O)c1ccc(CCNC(=O)c2ccc(CN3CCCC3=O)cc2)cc1. The van der Waals surface area contributed by atoms with Crippen LogP contribution in [0.1, 0.15) is 44.7 Å². The molecule has 1 heterocycles. The number of rotatable bonds is 7. The van der Waals surface area contributed by atoms with Crippen molar-refractivity contribution in [2.45, 2.75) is 25.8 Å². The zero-order valence-electron chi connectivity index (χ0n) is 15.0. The lowest BCUT2D eigenvalue weighted by molar-refractivity contribution is -0.128. The minimum atomic E-state index is -0.951. The second kappa shape index (κ2) is 8.49. The quantitative estimate of drug-likeness (QED) is 0.788. The van der Waals surface area contributed by atoms with Crippen molar-refractivity contribution >= 4 is 17.8 Å². The van der Waals surface area contributed by atoms with Crippen LogP contribution in [0.5, 0.6) is 0 Å². The molecule has 2 aromatic carbocycles. The lowest BCUT2D eigenvalue weighted by Crippen LogP contribution is -2.26. The molecule has 0 radical (unpaired) electrons. The highest BCUT2D eigenvalue weighted by molar-refractivity contribution is 5.94. The fourth-order valence-electron chi connectivity index (χ4n) is 3.09. The van der Waals surface area contributed by atoms with E-state index >= 15 is 0 Å². The number of carboxylic acids is 1. The Hall–Kier alpha value is -3.15. The van der Waals surface area contributed by atoms with Gasteiger partial charge in [-0.15, -0.1) is 0 Å². The molecule has 0 saturated carbocycles. The maximum Gasteiger partial charge on any atom is 0.335 e. The smallest absolute Gasteiger partial charge is 0.335 e. The highest BCUT2D eigenvalue weighted by Gasteiger charge is 2.19. The first-order valence-corrected chi connectivity index (χ1v) is 9.00. The van der Waals surface area contributed by atoms with Gasteiger partial charge in [-0.05, 0) is 48.2 Å². The molecule has 1 aliphatic heterocycles. The Kier molecular flexibility index (Phi) is 5.86. The van der Waals surface area contributed by atoms with E-state index in [1.54, 1.807) is 36.4 Å². The normalized spacial score (nSPS) is 13.6. The van der Waals surface area contributed by atoms with Crippen molar-refractivity contribution in [3.8, 4) is 0 Å². The van der Waals surface area contributed by atoms with Crippen molar-refractivity contribution in [3.05, 3.63) is 70.8 Å². The van der Waals surface area contributed by atoms with Gasteiger partial charge >= 0.3 is 5.97 Å². The van der Waals surface area contributed by atoms with Crippen molar-refractivity contribution in [2.24, 2.45) is 0 Å². The minimum Gasteiger partial charge on any atom is -0.478 e. The van der Waals surface area contributed by atoms with Gasteiger partial charge in [0, 0.05) is 31.6 Å². The molecule has 2 aromatic rings. The summed E-state index contributed by atoms with van der Waals surface area (Å²) < 4.78 is 0. The Bertz CT molecular complexity index is 828. The molecule has 6 heteroatoms. The number of hydrogen-bond acceptors (Lipinski definition) is 3. The van der Waals surface area contributed by atoms with E-state index in [9.17, 15) is 14.4 Å². The molecule has 0 aliphatic carbocycles. The Morgan fingerprint density at radius 1 is 0.963 bits per heavy atom. The molecule has 2 N–H and O–H groups in total. The predicted molar refractivity (Wildman–Crippen MR) is 101 cm³/mol. The van der Waals surface area contributed by atoms with E-state index in [2.05, 4.69) is 5.32 Å². The maximum atomic E-state index is 12.2. The van der Waals surface area contributed by atoms with Gasteiger partial charge in [0.1, 0.15) is 0 Å². The van der Waals surface area contributed by atoms with Crippen LogP contribution in [0.25, 0.3) is 0 Å². The summed E-state index contributed by atoms with van der Waals surface area (Å²) in [6.45, 7) is 1.86. The van der Waals surface area contributed by atoms with Crippen LogP contribution in [0.4, 0.5) is 0 Å². The molecule has 3 rings (SSSR count). The van der Waals surface area contributed by atoms with Gasteiger partial charge in [0.2, 0.25) is 5.91 Å². The first-order valence-electron chi connectivity index (χ1n) is 9.00. The number of carboxylic acid groups (broad SMARTS) is 1. The van der Waals surface area contributed by atoms with Gasteiger partial charge in [0.25, 0.3) is 5.91 Å². The topological polar surface area (TPSA) is 86.7 Å². The van der Waals surface area contributed by atoms with Crippen LogP contribution in [-0.2, 0) is 17.8 Å². The Morgan fingerprint density at radius 3 is 2.19 bits per heavy atom. The van der Waals surface area contributed by atoms with E-state index in [1.807, 2.05) is 17.0 Å². The number of likely N-dealkylation sites (tertiary alicyclic amines) is 1. The molecule has 140 valence electrons. The number of carbonyl (C=O) groups excluding carboxylic acids is 2. The number of nitrogens with one attached hydrogen (secondary N) is 1. The molecule has 0 aromatic heterocycles. The molecule has 0 atom stereocenters. The van der Waals surface area contributed by atoms with Crippen LogP contribution < -0.4 is 5.32 Å². The number of aromatic carboxylic acids is 1. The number of benzene rings is 2. The summed E-state index contributed by atoms with van der Waals surface area (Å²) in [5, 5.41) is 11.8. The summed E-state index contributed by atoms with van der Waals surface area (Å²) in [5.74, 6) is -0.915. The van der Waals surface area contributed by atoms with Crippen molar-refractivity contribution in [2.75, 3.05) is 13.1 Å². The summed E-state index contributed by atoms with van der Waals surface area (Å²) in [7, 11) is 0. The van der Waals surface area contributed by atoms with Crippen LogP contribution in [0.15, 0.2) is 48.5 Å². The number of amides is 2. The number of hydrogen-bond donors (Lipinski definition) is 2. The van der Waals surface area contributed by atoms with Crippen LogP contribution in [0.3, 0.4) is 0 Å². The maximum absolute atomic E-state index is 12.2. The van der Waals surface area contributed by atoms with Gasteiger partial charge in [-0.3, -0.25) is 9.59 Å². The van der Waals surface area contributed by atoms with Crippen molar-refractivity contribution < 1.29 is 19.5 Å². The predicted octanol–water partition coefficient (Wildman–Crippen LogP) is 2.48. The molecule has 0 bridgehead atoms. The van der Waals surface area contributed by atoms with E-state index < -0.39 is 5.97 Å². The third kappa shape index (κ3) is 4.94. The second-order valence-electron chi connectivity index (χ2n) is 6.62. The standard InChI is InChI=1S/C21H22N2O4/c24-19-2-1-13-23(19)14-16-5-7-17(8-6-16)20(25)22-12-11-15-3-9-18(10-4-15)21(26)27/h3-10H,1-2,11-14H2,(H,22,25)(H,26,27). The average molecular weight is 366 g/mol. The highest BCUT2D eigenvalue weighted by Crippen LogP contribution is 2.14. The zero-order valence-corrected chi connectivity index (χ0v) is 15.0. The van der Waals surface area contributed by atoms with Crippen molar-refractivity contribution in [1.82, 2.24) is 10.2 Å². The van der Waals surface area contributed by atoms with Crippen molar-refractivity contribution in [3.63, 3.8) is 0 Å². The third-order valence-electron chi connectivity index (χ3n) is 4.66. The summed E-state index contributed by atoms with van der Waals surface area (Å²) in [6.07, 6.45) is 2.17. The fraction of sp³-hybridized carbons (Fsp3) is 0.286. The summed E-state index contributed by atoms with van der Waals surface area (Å²) in [6, 6.07) is 13.9. The van der Waals surface area contributed by atoms with Crippen LogP contribution in [0, 0.1) is 0 Å². The molecule has 1 saturated heterocycles. The molecule has 0 unspecified atom stereocenters. The molecule has 1 fully saturated rings. The van der Waals surface area contributed by atoms with Gasteiger partial charge < -0.3 is 15.3 Å². The van der Waals surface area contributed by atoms with E-state index in [0.717, 1.165) is 24.1 Å². The molecule has 27 heavy (non-hydrogen) atoms. The number of nitrogens with zero attached hydrogens (tertiary/aromatic N) is 1. The number of carbonyl (C=O) groups is 3. The second-order valence-corrected chi connectivity index (χ2v) is 6.62. The molecular formula is C21H22N2O4. The average Bonchev–Trinajstić information content (AvgIpc) is 3.07. The van der Waals surface area contributed by atoms with E-state index in [-0.39, 0.29) is 17.4 Å². The van der Waals surface area contributed by atoms with E-state index in [4.69, 9.17) is 5.11 Å². The third-order valence-corrected chi connectivity index (χ3v) is 4.66. The van der Waals surface area contributed by atoms with Gasteiger partial charge in [0.05, 0.1) is 5.56 Å². The Morgan fingerprint density at radius 2 is 1.59 bits per heavy atom. The summed E-state index contributed by atoms with van der Waals surface area (Å²) >= 11 is 0. The van der Waals surface area contributed by atoms with Gasteiger partial charge in [0.15, 0.2) is 0 Å². The monoisotopic (exact) mass is 366 g/mol. The van der Waals surface area contributed by atoms with E-state index in [1.165, 1.54) is 0 Å². The minimum absolute atomic E-state index is 0.152. The first kappa shape index (κ1) is 18.6.